The summed E-state index contributed by atoms with van der Waals surface area (Å²) in [7, 11) is 0. The molecular formula is C10H19NO. The fourth-order valence-electron chi connectivity index (χ4n) is 1.41. The van der Waals surface area contributed by atoms with Crippen molar-refractivity contribution in [3.8, 4) is 0 Å². The van der Waals surface area contributed by atoms with E-state index in [1.54, 1.807) is 0 Å². The molecule has 1 aliphatic rings. The van der Waals surface area contributed by atoms with E-state index in [9.17, 15) is 4.79 Å². The Morgan fingerprint density at radius 2 is 2.17 bits per heavy atom. The molecule has 0 aromatic carbocycles. The van der Waals surface area contributed by atoms with E-state index in [0.717, 1.165) is 6.42 Å². The molecule has 0 aliphatic heterocycles. The molecule has 0 bridgehead atoms. The Hall–Kier alpha value is -0.370. The third kappa shape index (κ3) is 3.35. The molecule has 0 aromatic rings. The smallest absolute Gasteiger partial charge is 0.146 e. The molecule has 0 saturated heterocycles. The van der Waals surface area contributed by atoms with Crippen molar-refractivity contribution < 1.29 is 4.79 Å². The molecule has 12 heavy (non-hydrogen) atoms. The van der Waals surface area contributed by atoms with Crippen LogP contribution in [0, 0.1) is 5.92 Å². The first-order valence-electron chi connectivity index (χ1n) is 4.93. The molecule has 0 amide bonds. The van der Waals surface area contributed by atoms with Gasteiger partial charge in [0.1, 0.15) is 5.78 Å². The Morgan fingerprint density at radius 1 is 1.50 bits per heavy atom. The van der Waals surface area contributed by atoms with Gasteiger partial charge in [-0.05, 0) is 5.92 Å². The molecule has 0 unspecified atom stereocenters. The zero-order valence-electron chi connectivity index (χ0n) is 8.10. The van der Waals surface area contributed by atoms with Gasteiger partial charge in [0, 0.05) is 12.5 Å². The van der Waals surface area contributed by atoms with Crippen LogP contribution in [0.3, 0.4) is 0 Å². The van der Waals surface area contributed by atoms with E-state index in [0.29, 0.717) is 24.3 Å². The second-order valence-electron chi connectivity index (χ2n) is 4.08. The molecule has 2 nitrogen and oxygen atoms in total. The van der Waals surface area contributed by atoms with Gasteiger partial charge >= 0.3 is 0 Å². The van der Waals surface area contributed by atoms with Crippen molar-refractivity contribution in [2.75, 3.05) is 6.54 Å². The molecule has 0 heterocycles. The van der Waals surface area contributed by atoms with Crippen molar-refractivity contribution in [2.45, 2.75) is 45.6 Å². The number of nitrogens with one attached hydrogen (secondary N) is 1. The molecule has 1 rings (SSSR count). The molecule has 0 radical (unpaired) electrons. The summed E-state index contributed by atoms with van der Waals surface area (Å²) in [5.41, 5.74) is 0. The largest absolute Gasteiger partial charge is 0.308 e. The minimum atomic E-state index is 0.383. The van der Waals surface area contributed by atoms with Crippen molar-refractivity contribution in [2.24, 2.45) is 5.92 Å². The van der Waals surface area contributed by atoms with Crippen LogP contribution in [0.15, 0.2) is 0 Å². The van der Waals surface area contributed by atoms with Crippen LogP contribution in [0.25, 0.3) is 0 Å². The Kier molecular flexibility index (Phi) is 3.73. The molecule has 0 atom stereocenters. The quantitative estimate of drug-likeness (QED) is 0.679. The van der Waals surface area contributed by atoms with Crippen LogP contribution in [0.2, 0.25) is 0 Å². The van der Waals surface area contributed by atoms with Crippen molar-refractivity contribution in [3.63, 3.8) is 0 Å². The number of carbonyl (C=O) groups is 1. The normalized spacial score (nSPS) is 17.9. The van der Waals surface area contributed by atoms with Crippen molar-refractivity contribution in [1.82, 2.24) is 5.32 Å². The lowest BCUT2D eigenvalue weighted by molar-refractivity contribution is -0.119. The molecule has 0 spiro atoms. The summed E-state index contributed by atoms with van der Waals surface area (Å²) in [4.78, 5) is 11.3. The minimum absolute atomic E-state index is 0.383. The predicted octanol–water partition coefficient (Wildman–Crippen LogP) is 1.74. The highest BCUT2D eigenvalue weighted by Crippen LogP contribution is 2.29. The summed E-state index contributed by atoms with van der Waals surface area (Å²) in [6, 6.07) is 0.426. The minimum Gasteiger partial charge on any atom is -0.308 e. The van der Waals surface area contributed by atoms with Gasteiger partial charge in [0.25, 0.3) is 0 Å². The molecular weight excluding hydrogens is 150 g/mol. The van der Waals surface area contributed by atoms with Gasteiger partial charge < -0.3 is 5.32 Å². The van der Waals surface area contributed by atoms with E-state index in [1.807, 2.05) is 0 Å². The second kappa shape index (κ2) is 4.61. The number of rotatable bonds is 5. The summed E-state index contributed by atoms with van der Waals surface area (Å²) in [5, 5.41) is 3.15. The first kappa shape index (κ1) is 9.72. The van der Waals surface area contributed by atoms with Crippen molar-refractivity contribution in [3.05, 3.63) is 0 Å². The van der Waals surface area contributed by atoms with Crippen LogP contribution >= 0.6 is 0 Å². The van der Waals surface area contributed by atoms with Crippen molar-refractivity contribution >= 4 is 5.78 Å². The lowest BCUT2D eigenvalue weighted by atomic mass is 9.82. The average molecular weight is 169 g/mol. The number of carbonyl (C=O) groups excluding carboxylic acids is 1. The fraction of sp³-hybridized carbons (Fsp3) is 0.900. The summed E-state index contributed by atoms with van der Waals surface area (Å²) in [6.45, 7) is 4.70. The summed E-state index contributed by atoms with van der Waals surface area (Å²) >= 11 is 0. The number of ketones is 1. The maximum Gasteiger partial charge on any atom is 0.146 e. The van der Waals surface area contributed by atoms with E-state index < -0.39 is 0 Å². The molecule has 1 fully saturated rings. The summed E-state index contributed by atoms with van der Waals surface area (Å²) in [5.74, 6) is 1.10. The first-order valence-corrected chi connectivity index (χ1v) is 4.93. The standard InChI is InChI=1S/C10H19NO/c1-8(2)11-7-10(12)6-9-4-3-5-9/h8-9,11H,3-7H2,1-2H3. The van der Waals surface area contributed by atoms with Crippen LogP contribution in [0.5, 0.6) is 0 Å². The Bertz CT molecular complexity index is 150. The van der Waals surface area contributed by atoms with Crippen LogP contribution in [-0.2, 0) is 4.79 Å². The number of Topliss-reactive ketones (excluding diaryl/α,β-unsaturated/α-hetero) is 1. The number of hydrogen-bond acceptors (Lipinski definition) is 2. The zero-order valence-corrected chi connectivity index (χ0v) is 8.10. The van der Waals surface area contributed by atoms with Gasteiger partial charge in [0.05, 0.1) is 6.54 Å². The predicted molar refractivity (Wildman–Crippen MR) is 50.1 cm³/mol. The fourth-order valence-corrected chi connectivity index (χ4v) is 1.41. The third-order valence-electron chi connectivity index (χ3n) is 2.45. The van der Waals surface area contributed by atoms with Crippen LogP contribution in [0.4, 0.5) is 0 Å². The summed E-state index contributed by atoms with van der Waals surface area (Å²) < 4.78 is 0. The molecule has 2 heteroatoms. The Morgan fingerprint density at radius 3 is 2.58 bits per heavy atom. The average Bonchev–Trinajstić information content (AvgIpc) is 1.93. The summed E-state index contributed by atoms with van der Waals surface area (Å²) in [6.07, 6.45) is 4.68. The molecule has 0 aromatic heterocycles. The van der Waals surface area contributed by atoms with Gasteiger partial charge in [-0.15, -0.1) is 0 Å². The molecule has 1 aliphatic carbocycles. The molecule has 1 N–H and O–H groups in total. The van der Waals surface area contributed by atoms with Gasteiger partial charge in [-0.3, -0.25) is 4.79 Å². The van der Waals surface area contributed by atoms with Gasteiger partial charge in [0.2, 0.25) is 0 Å². The van der Waals surface area contributed by atoms with E-state index in [4.69, 9.17) is 0 Å². The van der Waals surface area contributed by atoms with Crippen LogP contribution in [-0.4, -0.2) is 18.4 Å². The van der Waals surface area contributed by atoms with E-state index in [-0.39, 0.29) is 0 Å². The molecule has 70 valence electrons. The third-order valence-corrected chi connectivity index (χ3v) is 2.45. The van der Waals surface area contributed by atoms with Crippen molar-refractivity contribution in [1.29, 1.82) is 0 Å². The highest BCUT2D eigenvalue weighted by molar-refractivity contribution is 5.80. The second-order valence-corrected chi connectivity index (χ2v) is 4.08. The highest BCUT2D eigenvalue weighted by Gasteiger charge is 2.20. The highest BCUT2D eigenvalue weighted by atomic mass is 16.1. The molecule has 1 saturated carbocycles. The van der Waals surface area contributed by atoms with E-state index in [1.165, 1.54) is 19.3 Å². The van der Waals surface area contributed by atoms with Gasteiger partial charge in [0.15, 0.2) is 0 Å². The first-order chi connectivity index (χ1) is 5.68. The monoisotopic (exact) mass is 169 g/mol. The van der Waals surface area contributed by atoms with E-state index >= 15 is 0 Å². The maximum atomic E-state index is 11.3. The maximum absolute atomic E-state index is 11.3. The van der Waals surface area contributed by atoms with Gasteiger partial charge in [-0.1, -0.05) is 33.1 Å². The lowest BCUT2D eigenvalue weighted by Crippen LogP contribution is -2.30. The topological polar surface area (TPSA) is 29.1 Å². The van der Waals surface area contributed by atoms with Crippen LogP contribution in [0.1, 0.15) is 39.5 Å². The lowest BCUT2D eigenvalue weighted by Gasteiger charge is -2.24. The number of hydrogen-bond donors (Lipinski definition) is 1. The van der Waals surface area contributed by atoms with Gasteiger partial charge in [-0.25, -0.2) is 0 Å². The van der Waals surface area contributed by atoms with Crippen LogP contribution < -0.4 is 5.32 Å². The Labute approximate surface area is 74.7 Å². The van der Waals surface area contributed by atoms with E-state index in [2.05, 4.69) is 19.2 Å². The van der Waals surface area contributed by atoms with Gasteiger partial charge in [-0.2, -0.15) is 0 Å². The Balaban J connectivity index is 2.03. The zero-order chi connectivity index (χ0) is 8.97. The SMILES string of the molecule is CC(C)NCC(=O)CC1CCC1.